The van der Waals surface area contributed by atoms with Crippen molar-refractivity contribution in [2.75, 3.05) is 47.5 Å². The molecule has 0 spiro atoms. The fourth-order valence-corrected chi connectivity index (χ4v) is 13.1. The summed E-state index contributed by atoms with van der Waals surface area (Å²) in [6.07, 6.45) is 102. The van der Waals surface area contributed by atoms with Crippen LogP contribution in [0.3, 0.4) is 0 Å². The third-order valence-electron chi connectivity index (χ3n) is 19.6. The highest BCUT2D eigenvalue weighted by Crippen LogP contribution is 2.21. The average Bonchev–Trinajstić information content (AvgIpc) is 3.27. The third-order valence-corrected chi connectivity index (χ3v) is 19.6. The van der Waals surface area contributed by atoms with E-state index in [-0.39, 0.29) is 38.2 Å². The summed E-state index contributed by atoms with van der Waals surface area (Å²) in [4.78, 5) is 37.8. The van der Waals surface area contributed by atoms with Gasteiger partial charge in [0.05, 0.1) is 34.4 Å². The third kappa shape index (κ3) is 80.4. The Morgan fingerprint density at radius 3 is 0.876 bits per heavy atom. The summed E-state index contributed by atoms with van der Waals surface area (Å²) in [7, 11) is 6.00. The van der Waals surface area contributed by atoms with Gasteiger partial charge >= 0.3 is 17.9 Å². The zero-order valence-electron chi connectivity index (χ0n) is 65.5. The zero-order valence-corrected chi connectivity index (χ0v) is 65.5. The standard InChI is InChI=1S/C88H165NO8/c1-6-8-10-12-14-16-18-20-22-24-26-28-30-32-34-36-38-39-40-41-42-43-44-45-46-47-49-51-53-55-57-59-61-63-65-67-69-71-73-75-77-79-86(91)97-84(83-96-88(87(92)93)94-81-80-89(3,4)5)82-95-85(90)78-76-74-72-70-68-66-64-62-60-58-56-54-52-50-48-37-35-33-31-29-27-25-23-21-19-17-15-13-11-9-7-2/h8,10,14,16,20,22,26,28,84,88H,6-7,9,11-13,15,17-19,21,23-25,27,29-83H2,1-5H3/p+1/b10-8-,16-14-,22-20-,28-26-. The first-order valence-electron chi connectivity index (χ1n) is 42.8. The number of nitrogens with zero attached hydrogens (tertiary/aromatic N) is 1. The van der Waals surface area contributed by atoms with Crippen LogP contribution in [0, 0.1) is 0 Å². The van der Waals surface area contributed by atoms with Crippen molar-refractivity contribution >= 4 is 17.9 Å². The van der Waals surface area contributed by atoms with Crippen LogP contribution in [-0.4, -0.2) is 87.4 Å². The van der Waals surface area contributed by atoms with Gasteiger partial charge in [0.2, 0.25) is 0 Å². The van der Waals surface area contributed by atoms with Gasteiger partial charge in [-0.25, -0.2) is 4.79 Å². The van der Waals surface area contributed by atoms with E-state index in [4.69, 9.17) is 18.9 Å². The smallest absolute Gasteiger partial charge is 0.361 e. The number of aliphatic carboxylic acids is 1. The Balaban J connectivity index is 3.91. The Morgan fingerprint density at radius 1 is 0.320 bits per heavy atom. The normalized spacial score (nSPS) is 12.8. The van der Waals surface area contributed by atoms with Crippen molar-refractivity contribution in [2.45, 2.75) is 450 Å². The van der Waals surface area contributed by atoms with E-state index in [1.807, 2.05) is 21.1 Å². The largest absolute Gasteiger partial charge is 0.477 e. The molecule has 0 aromatic rings. The van der Waals surface area contributed by atoms with Gasteiger partial charge in [-0.05, 0) is 51.4 Å². The maximum absolute atomic E-state index is 13.0. The topological polar surface area (TPSA) is 108 Å². The minimum absolute atomic E-state index is 0.174. The van der Waals surface area contributed by atoms with Crippen LogP contribution < -0.4 is 0 Å². The Morgan fingerprint density at radius 2 is 0.588 bits per heavy atom. The molecule has 0 rings (SSSR count). The molecule has 0 aliphatic heterocycles. The highest BCUT2D eigenvalue weighted by Gasteiger charge is 2.25. The van der Waals surface area contributed by atoms with E-state index in [1.54, 1.807) is 0 Å². The molecular formula is C88H166NO8+. The summed E-state index contributed by atoms with van der Waals surface area (Å²) in [6.45, 7) is 4.85. The molecule has 9 heteroatoms. The fraction of sp³-hybridized carbons (Fsp3) is 0.875. The Bertz CT molecular complexity index is 1730. The van der Waals surface area contributed by atoms with Gasteiger partial charge in [-0.15, -0.1) is 0 Å². The quantitative estimate of drug-likeness (QED) is 0.0211. The van der Waals surface area contributed by atoms with E-state index in [0.29, 0.717) is 17.4 Å². The summed E-state index contributed by atoms with van der Waals surface area (Å²) in [5.74, 6) is -1.97. The highest BCUT2D eigenvalue weighted by atomic mass is 16.7. The monoisotopic (exact) mass is 1370 g/mol. The number of hydrogen-bond donors (Lipinski definition) is 1. The van der Waals surface area contributed by atoms with Crippen LogP contribution in [0.1, 0.15) is 438 Å². The number of quaternary nitrogens is 1. The van der Waals surface area contributed by atoms with Crippen molar-refractivity contribution < 1.29 is 42.9 Å². The first-order valence-corrected chi connectivity index (χ1v) is 42.8. The van der Waals surface area contributed by atoms with Crippen LogP contribution in [-0.2, 0) is 33.3 Å². The fourth-order valence-electron chi connectivity index (χ4n) is 13.1. The molecule has 0 heterocycles. The first-order chi connectivity index (χ1) is 47.6. The Labute approximate surface area is 603 Å². The van der Waals surface area contributed by atoms with Gasteiger partial charge in [-0.1, -0.05) is 422 Å². The van der Waals surface area contributed by atoms with E-state index in [1.165, 1.54) is 347 Å². The molecule has 97 heavy (non-hydrogen) atoms. The van der Waals surface area contributed by atoms with Crippen LogP contribution in [0.4, 0.5) is 0 Å². The number of likely N-dealkylation sites (N-methyl/N-ethyl adjacent to an activating group) is 1. The summed E-state index contributed by atoms with van der Waals surface area (Å²) >= 11 is 0. The number of ether oxygens (including phenoxy) is 4. The molecule has 0 saturated heterocycles. The molecule has 0 fully saturated rings. The number of carboxylic acid groups (broad SMARTS) is 1. The average molecular weight is 1370 g/mol. The van der Waals surface area contributed by atoms with Crippen molar-refractivity contribution in [1.29, 1.82) is 0 Å². The lowest BCUT2D eigenvalue weighted by Crippen LogP contribution is -2.40. The van der Waals surface area contributed by atoms with Crippen LogP contribution in [0.25, 0.3) is 0 Å². The number of hydrogen-bond acceptors (Lipinski definition) is 7. The van der Waals surface area contributed by atoms with Gasteiger partial charge in [0.15, 0.2) is 6.10 Å². The second-order valence-corrected chi connectivity index (χ2v) is 30.5. The van der Waals surface area contributed by atoms with E-state index in [2.05, 4.69) is 62.5 Å². The molecule has 0 aromatic heterocycles. The SMILES string of the molecule is CC/C=C\C/C=C\C/C=C\C/C=C\CCCCCCCCCCCCCCCCCCCCCCCCCCCCCCC(=O)OC(COC(=O)CCCCCCCCCCCCCCCCCCCCCCCCCCCCCCCCC)COC(OCC[N+](C)(C)C)C(=O)O. The number of esters is 2. The molecule has 0 aliphatic carbocycles. The van der Waals surface area contributed by atoms with E-state index >= 15 is 0 Å². The predicted molar refractivity (Wildman–Crippen MR) is 420 cm³/mol. The number of carbonyl (C=O) groups is 3. The second-order valence-electron chi connectivity index (χ2n) is 30.5. The van der Waals surface area contributed by atoms with Gasteiger partial charge in [0.1, 0.15) is 13.2 Å². The second kappa shape index (κ2) is 79.0. The molecule has 9 nitrogen and oxygen atoms in total. The van der Waals surface area contributed by atoms with Gasteiger partial charge < -0.3 is 28.5 Å². The van der Waals surface area contributed by atoms with Gasteiger partial charge in [-0.3, -0.25) is 9.59 Å². The lowest BCUT2D eigenvalue weighted by atomic mass is 10.0. The summed E-state index contributed by atoms with van der Waals surface area (Å²) in [6, 6.07) is 0. The van der Waals surface area contributed by atoms with E-state index < -0.39 is 18.4 Å². The minimum atomic E-state index is -1.51. The zero-order chi connectivity index (χ0) is 70.4. The molecule has 570 valence electrons. The van der Waals surface area contributed by atoms with Crippen molar-refractivity contribution in [3.63, 3.8) is 0 Å². The minimum Gasteiger partial charge on any atom is -0.477 e. The first kappa shape index (κ1) is 94.2. The van der Waals surface area contributed by atoms with Crippen molar-refractivity contribution in [3.05, 3.63) is 48.6 Å². The molecular weight excluding hydrogens is 1200 g/mol. The highest BCUT2D eigenvalue weighted by molar-refractivity contribution is 5.71. The summed E-state index contributed by atoms with van der Waals surface area (Å²) in [5, 5.41) is 9.78. The van der Waals surface area contributed by atoms with Gasteiger partial charge in [-0.2, -0.15) is 0 Å². The molecule has 0 saturated carbocycles. The number of rotatable bonds is 81. The van der Waals surface area contributed by atoms with Crippen LogP contribution in [0.15, 0.2) is 48.6 Å². The lowest BCUT2D eigenvalue weighted by Gasteiger charge is -2.25. The maximum Gasteiger partial charge on any atom is 0.361 e. The molecule has 2 unspecified atom stereocenters. The van der Waals surface area contributed by atoms with Crippen LogP contribution in [0.5, 0.6) is 0 Å². The lowest BCUT2D eigenvalue weighted by molar-refractivity contribution is -0.870. The molecule has 0 aromatic carbocycles. The Hall–Kier alpha value is -2.75. The molecule has 0 amide bonds. The van der Waals surface area contributed by atoms with Crippen molar-refractivity contribution in [2.24, 2.45) is 0 Å². The predicted octanol–water partition coefficient (Wildman–Crippen LogP) is 27.6. The number of unbranched alkanes of at least 4 members (excludes halogenated alkanes) is 58. The van der Waals surface area contributed by atoms with E-state index in [0.717, 1.165) is 64.2 Å². The van der Waals surface area contributed by atoms with E-state index in [9.17, 15) is 19.5 Å². The van der Waals surface area contributed by atoms with Crippen molar-refractivity contribution in [1.82, 2.24) is 0 Å². The van der Waals surface area contributed by atoms with Crippen molar-refractivity contribution in [3.8, 4) is 0 Å². The number of carboxylic acids is 1. The van der Waals surface area contributed by atoms with Crippen LogP contribution >= 0.6 is 0 Å². The van der Waals surface area contributed by atoms with Gasteiger partial charge in [0, 0.05) is 12.8 Å². The molecule has 0 aliphatic rings. The van der Waals surface area contributed by atoms with Gasteiger partial charge in [0.25, 0.3) is 6.29 Å². The maximum atomic E-state index is 13.0. The summed E-state index contributed by atoms with van der Waals surface area (Å²) < 4.78 is 23.1. The number of allylic oxidation sites excluding steroid dienone is 8. The molecule has 2 atom stereocenters. The molecule has 1 N–H and O–H groups in total. The number of carbonyl (C=O) groups excluding carboxylic acids is 2. The molecule has 0 bridgehead atoms. The van der Waals surface area contributed by atoms with Crippen LogP contribution in [0.2, 0.25) is 0 Å². The summed E-state index contributed by atoms with van der Waals surface area (Å²) in [5.41, 5.74) is 0. The molecule has 0 radical (unpaired) electrons. The Kier molecular flexibility index (Phi) is 76.7.